The number of aliphatic carboxylic acids is 1. The smallest absolute Gasteiger partial charge is 0.427 e. The number of ether oxygens (including phenoxy) is 1. The Kier molecular flexibility index (Phi) is 4.46. The van der Waals surface area contributed by atoms with Gasteiger partial charge in [-0.2, -0.15) is 5.10 Å². The lowest BCUT2D eigenvalue weighted by atomic mass is 10.8. The Balaban J connectivity index is 3.53. The zero-order chi connectivity index (χ0) is 8.69. The van der Waals surface area contributed by atoms with Crippen LogP contribution in [0.15, 0.2) is 5.10 Å². The van der Waals surface area contributed by atoms with Crippen LogP contribution in [0.2, 0.25) is 0 Å². The number of nitrogens with zero attached hydrogens (tertiary/aromatic N) is 1. The van der Waals surface area contributed by atoms with E-state index in [1.165, 1.54) is 0 Å². The maximum absolute atomic E-state index is 10.4. The summed E-state index contributed by atoms with van der Waals surface area (Å²) in [5.41, 5.74) is 1.84. The van der Waals surface area contributed by atoms with Crippen LogP contribution >= 0.6 is 0 Å². The average molecular weight is 160 g/mol. The van der Waals surface area contributed by atoms with Gasteiger partial charge in [-0.25, -0.2) is 15.0 Å². The Morgan fingerprint density at radius 1 is 1.73 bits per heavy atom. The summed E-state index contributed by atoms with van der Waals surface area (Å²) < 4.78 is 4.37. The molecule has 6 heteroatoms. The first kappa shape index (κ1) is 9.41. The maximum atomic E-state index is 10.4. The van der Waals surface area contributed by atoms with Crippen molar-refractivity contribution in [1.82, 2.24) is 5.43 Å². The molecule has 0 saturated heterocycles. The number of amides is 1. The predicted octanol–water partition coefficient (Wildman–Crippen LogP) is -0.197. The molecular weight excluding hydrogens is 152 g/mol. The molecule has 0 unspecified atom stereocenters. The number of carboxylic acid groups (broad SMARTS) is 1. The van der Waals surface area contributed by atoms with Crippen LogP contribution in [-0.2, 0) is 9.53 Å². The van der Waals surface area contributed by atoms with Crippen molar-refractivity contribution in [3.8, 4) is 0 Å². The summed E-state index contributed by atoms with van der Waals surface area (Å²) in [7, 11) is 0. The zero-order valence-corrected chi connectivity index (χ0v) is 5.90. The number of nitrogens with one attached hydrogen (secondary N) is 1. The first-order valence-corrected chi connectivity index (χ1v) is 2.85. The van der Waals surface area contributed by atoms with Gasteiger partial charge in [0.2, 0.25) is 0 Å². The average Bonchev–Trinajstić information content (AvgIpc) is 1.87. The van der Waals surface area contributed by atoms with E-state index in [-0.39, 0.29) is 6.61 Å². The molecule has 6 nitrogen and oxygen atoms in total. The topological polar surface area (TPSA) is 88.0 Å². The number of rotatable bonds is 3. The second kappa shape index (κ2) is 5.21. The van der Waals surface area contributed by atoms with E-state index in [1.807, 2.05) is 5.43 Å². The number of carbonyl (C=O) groups is 2. The first-order valence-electron chi connectivity index (χ1n) is 2.85. The summed E-state index contributed by atoms with van der Waals surface area (Å²) in [6.07, 6.45) is -0.221. The third-order valence-corrected chi connectivity index (χ3v) is 0.606. The third kappa shape index (κ3) is 6.29. The van der Waals surface area contributed by atoms with E-state index < -0.39 is 12.1 Å². The van der Waals surface area contributed by atoms with Gasteiger partial charge in [-0.15, -0.1) is 0 Å². The summed E-state index contributed by atoms with van der Waals surface area (Å²) in [5, 5.41) is 11.1. The van der Waals surface area contributed by atoms with E-state index in [2.05, 4.69) is 9.84 Å². The van der Waals surface area contributed by atoms with Crippen LogP contribution in [-0.4, -0.2) is 30.0 Å². The highest BCUT2D eigenvalue weighted by Gasteiger charge is 1.95. The highest BCUT2D eigenvalue weighted by molar-refractivity contribution is 6.22. The molecule has 0 atom stereocenters. The molecule has 62 valence electrons. The molecule has 0 fully saturated rings. The van der Waals surface area contributed by atoms with E-state index in [1.54, 1.807) is 6.92 Å². The summed E-state index contributed by atoms with van der Waals surface area (Å²) in [6.45, 7) is 1.84. The first-order chi connectivity index (χ1) is 5.16. The molecule has 0 rings (SSSR count). The van der Waals surface area contributed by atoms with Gasteiger partial charge in [0.1, 0.15) is 6.21 Å². The van der Waals surface area contributed by atoms with Crippen molar-refractivity contribution in [3.63, 3.8) is 0 Å². The Morgan fingerprint density at radius 3 is 2.82 bits per heavy atom. The van der Waals surface area contributed by atoms with Crippen LogP contribution in [0.3, 0.4) is 0 Å². The van der Waals surface area contributed by atoms with Gasteiger partial charge in [-0.3, -0.25) is 0 Å². The normalized spacial score (nSPS) is 9.55. The zero-order valence-electron chi connectivity index (χ0n) is 5.90. The Hall–Kier alpha value is -1.59. The van der Waals surface area contributed by atoms with Crippen molar-refractivity contribution in [3.05, 3.63) is 0 Å². The van der Waals surface area contributed by atoms with Gasteiger partial charge < -0.3 is 9.84 Å². The highest BCUT2D eigenvalue weighted by Crippen LogP contribution is 1.74. The minimum Gasteiger partial charge on any atom is -0.477 e. The molecule has 2 N–H and O–H groups in total. The van der Waals surface area contributed by atoms with Gasteiger partial charge in [-0.1, -0.05) is 0 Å². The lowest BCUT2D eigenvalue weighted by molar-refractivity contribution is -0.128. The fraction of sp³-hybridized carbons (Fsp3) is 0.400. The minimum absolute atomic E-state index is 0.217. The third-order valence-electron chi connectivity index (χ3n) is 0.606. The van der Waals surface area contributed by atoms with Gasteiger partial charge in [-0.05, 0) is 6.92 Å². The van der Waals surface area contributed by atoms with E-state index in [0.29, 0.717) is 6.21 Å². The van der Waals surface area contributed by atoms with Gasteiger partial charge in [0, 0.05) is 0 Å². The SMILES string of the molecule is CCOC(=O)N/N=C/C(=O)O. The number of hydrogen-bond donors (Lipinski definition) is 2. The highest BCUT2D eigenvalue weighted by atomic mass is 16.5. The second-order valence-electron chi connectivity index (χ2n) is 1.43. The summed E-state index contributed by atoms with van der Waals surface area (Å²) in [6, 6.07) is 0. The van der Waals surface area contributed by atoms with Crippen LogP contribution < -0.4 is 5.43 Å². The monoisotopic (exact) mass is 160 g/mol. The summed E-state index contributed by atoms with van der Waals surface area (Å²) >= 11 is 0. The van der Waals surface area contributed by atoms with E-state index in [9.17, 15) is 9.59 Å². The van der Waals surface area contributed by atoms with Gasteiger partial charge in [0.25, 0.3) is 0 Å². The molecular formula is C5H8N2O4. The van der Waals surface area contributed by atoms with Crippen LogP contribution in [0, 0.1) is 0 Å². The molecule has 0 aliphatic heterocycles. The van der Waals surface area contributed by atoms with Crippen molar-refractivity contribution in [1.29, 1.82) is 0 Å². The molecule has 0 aromatic heterocycles. The Labute approximate surface area is 62.8 Å². The number of carboxylic acids is 1. The lowest BCUT2D eigenvalue weighted by Gasteiger charge is -1.96. The van der Waals surface area contributed by atoms with Crippen LogP contribution in [0.5, 0.6) is 0 Å². The van der Waals surface area contributed by atoms with Crippen molar-refractivity contribution in [2.24, 2.45) is 5.10 Å². The maximum Gasteiger partial charge on any atom is 0.427 e. The Morgan fingerprint density at radius 2 is 2.36 bits per heavy atom. The summed E-state index contributed by atoms with van der Waals surface area (Å²) in [5.74, 6) is -1.23. The molecule has 0 saturated carbocycles. The molecule has 0 aliphatic carbocycles. The van der Waals surface area contributed by atoms with E-state index in [0.717, 1.165) is 0 Å². The van der Waals surface area contributed by atoms with Crippen molar-refractivity contribution in [2.75, 3.05) is 6.61 Å². The molecule has 0 spiro atoms. The molecule has 0 aliphatic rings. The molecule has 1 amide bonds. The van der Waals surface area contributed by atoms with E-state index in [4.69, 9.17) is 5.11 Å². The number of carbonyl (C=O) groups excluding carboxylic acids is 1. The van der Waals surface area contributed by atoms with Crippen molar-refractivity contribution >= 4 is 18.3 Å². The lowest BCUT2D eigenvalue weighted by Crippen LogP contribution is -2.19. The van der Waals surface area contributed by atoms with Gasteiger partial charge in [0.15, 0.2) is 0 Å². The predicted molar refractivity (Wildman–Crippen MR) is 36.3 cm³/mol. The quantitative estimate of drug-likeness (QED) is 0.442. The molecule has 11 heavy (non-hydrogen) atoms. The molecule has 0 aromatic rings. The Bertz CT molecular complexity index is 177. The van der Waals surface area contributed by atoms with Crippen LogP contribution in [0.1, 0.15) is 6.92 Å². The molecule has 0 radical (unpaired) electrons. The molecule has 0 bridgehead atoms. The van der Waals surface area contributed by atoms with Crippen LogP contribution in [0.25, 0.3) is 0 Å². The standard InChI is InChI=1S/C5H8N2O4/c1-2-11-5(10)7-6-3-4(8)9/h3H,2H2,1H3,(H,7,10)(H,8,9)/b6-3+. The number of hydrogen-bond acceptors (Lipinski definition) is 4. The van der Waals surface area contributed by atoms with Gasteiger partial charge >= 0.3 is 12.1 Å². The van der Waals surface area contributed by atoms with E-state index >= 15 is 0 Å². The molecule has 0 aromatic carbocycles. The van der Waals surface area contributed by atoms with Crippen molar-refractivity contribution in [2.45, 2.75) is 6.92 Å². The minimum atomic E-state index is -1.23. The fourth-order valence-corrected chi connectivity index (χ4v) is 0.304. The van der Waals surface area contributed by atoms with Crippen LogP contribution in [0.4, 0.5) is 4.79 Å². The van der Waals surface area contributed by atoms with Crippen molar-refractivity contribution < 1.29 is 19.4 Å². The largest absolute Gasteiger partial charge is 0.477 e. The number of hydrazone groups is 1. The second-order valence-corrected chi connectivity index (χ2v) is 1.43. The molecule has 0 heterocycles. The summed E-state index contributed by atoms with van der Waals surface area (Å²) in [4.78, 5) is 20.2. The fourth-order valence-electron chi connectivity index (χ4n) is 0.304. The van der Waals surface area contributed by atoms with Gasteiger partial charge in [0.05, 0.1) is 6.61 Å².